The summed E-state index contributed by atoms with van der Waals surface area (Å²) in [5.74, 6) is -0.741. The van der Waals surface area contributed by atoms with Gasteiger partial charge in [-0.25, -0.2) is 12.8 Å². The highest BCUT2D eigenvalue weighted by Gasteiger charge is 2.13. The van der Waals surface area contributed by atoms with E-state index in [1.165, 1.54) is 25.3 Å². The lowest BCUT2D eigenvalue weighted by atomic mass is 10.3. The Morgan fingerprint density at radius 3 is 2.73 bits per heavy atom. The summed E-state index contributed by atoms with van der Waals surface area (Å²) in [6.07, 6.45) is 0. The zero-order valence-electron chi connectivity index (χ0n) is 7.83. The molecular formula is C8H9BrFNO3S. The molecule has 15 heavy (non-hydrogen) atoms. The van der Waals surface area contributed by atoms with Gasteiger partial charge in [-0.05, 0) is 12.1 Å². The normalized spacial score (nSPS) is 11.1. The second-order valence-corrected chi connectivity index (χ2v) is 5.67. The third-order valence-corrected chi connectivity index (χ3v) is 4.22. The molecule has 0 aliphatic rings. The van der Waals surface area contributed by atoms with Gasteiger partial charge in [0.1, 0.15) is 4.66 Å². The summed E-state index contributed by atoms with van der Waals surface area (Å²) >= 11 is 2.78. The van der Waals surface area contributed by atoms with Crippen LogP contribution in [-0.2, 0) is 10.0 Å². The Morgan fingerprint density at radius 1 is 1.53 bits per heavy atom. The van der Waals surface area contributed by atoms with Gasteiger partial charge in [-0.15, -0.1) is 0 Å². The van der Waals surface area contributed by atoms with Crippen molar-refractivity contribution in [3.8, 4) is 5.75 Å². The van der Waals surface area contributed by atoms with Gasteiger partial charge in [0, 0.05) is 0 Å². The minimum Gasteiger partial charge on any atom is -0.494 e. The fourth-order valence-electron chi connectivity index (χ4n) is 0.942. The first kappa shape index (κ1) is 12.3. The van der Waals surface area contributed by atoms with Crippen LogP contribution in [-0.4, -0.2) is 20.2 Å². The van der Waals surface area contributed by atoms with Gasteiger partial charge in [0.05, 0.1) is 12.8 Å². The predicted octanol–water partition coefficient (Wildman–Crippen LogP) is 1.93. The number of anilines is 1. The number of hydrogen-bond acceptors (Lipinski definition) is 3. The molecule has 0 radical (unpaired) electrons. The molecule has 4 nitrogen and oxygen atoms in total. The molecule has 0 saturated carbocycles. The molecule has 1 rings (SSSR count). The van der Waals surface area contributed by atoms with Crippen LogP contribution in [0.15, 0.2) is 18.2 Å². The quantitative estimate of drug-likeness (QED) is 0.864. The van der Waals surface area contributed by atoms with Gasteiger partial charge in [-0.1, -0.05) is 22.0 Å². The van der Waals surface area contributed by atoms with E-state index in [2.05, 4.69) is 20.7 Å². The van der Waals surface area contributed by atoms with E-state index in [9.17, 15) is 12.8 Å². The lowest BCUT2D eigenvalue weighted by molar-refractivity contribution is 0.387. The van der Waals surface area contributed by atoms with Crippen molar-refractivity contribution in [3.63, 3.8) is 0 Å². The van der Waals surface area contributed by atoms with Crippen molar-refractivity contribution in [2.75, 3.05) is 16.5 Å². The third-order valence-electron chi connectivity index (χ3n) is 1.59. The molecule has 0 aliphatic carbocycles. The van der Waals surface area contributed by atoms with E-state index in [0.29, 0.717) is 0 Å². The topological polar surface area (TPSA) is 55.4 Å². The van der Waals surface area contributed by atoms with Crippen LogP contribution in [0.3, 0.4) is 0 Å². The smallest absolute Gasteiger partial charge is 0.242 e. The number of sulfonamides is 1. The molecule has 0 aliphatic heterocycles. The molecule has 0 spiro atoms. The minimum atomic E-state index is -3.55. The van der Waals surface area contributed by atoms with Crippen LogP contribution in [0, 0.1) is 5.82 Å². The summed E-state index contributed by atoms with van der Waals surface area (Å²) in [6.45, 7) is 0. The molecule has 1 N–H and O–H groups in total. The number of methoxy groups -OCH3 is 1. The summed E-state index contributed by atoms with van der Waals surface area (Å²) in [5, 5.41) is 0. The van der Waals surface area contributed by atoms with Crippen molar-refractivity contribution < 1.29 is 17.5 Å². The standard InChI is InChI=1S/C8H9BrFNO3S/c1-14-7-4-2-3-6(8(7)10)11-15(12,13)5-9/h2-4,11H,5H2,1H3. The van der Waals surface area contributed by atoms with E-state index in [4.69, 9.17) is 4.74 Å². The van der Waals surface area contributed by atoms with Crippen LogP contribution in [0.5, 0.6) is 5.75 Å². The van der Waals surface area contributed by atoms with Crippen molar-refractivity contribution in [2.24, 2.45) is 0 Å². The van der Waals surface area contributed by atoms with E-state index < -0.39 is 15.8 Å². The number of nitrogens with one attached hydrogen (secondary N) is 1. The highest BCUT2D eigenvalue weighted by atomic mass is 79.9. The van der Waals surface area contributed by atoms with Crippen molar-refractivity contribution >= 4 is 31.6 Å². The van der Waals surface area contributed by atoms with Crippen LogP contribution in [0.2, 0.25) is 0 Å². The van der Waals surface area contributed by atoms with Gasteiger partial charge in [-0.3, -0.25) is 4.72 Å². The summed E-state index contributed by atoms with van der Waals surface area (Å²) in [7, 11) is -2.24. The maximum atomic E-state index is 13.5. The van der Waals surface area contributed by atoms with Crippen molar-refractivity contribution in [3.05, 3.63) is 24.0 Å². The molecule has 7 heteroatoms. The zero-order chi connectivity index (χ0) is 11.5. The van der Waals surface area contributed by atoms with Crippen molar-refractivity contribution in [2.45, 2.75) is 0 Å². The van der Waals surface area contributed by atoms with Crippen LogP contribution in [0.1, 0.15) is 0 Å². The van der Waals surface area contributed by atoms with Crippen LogP contribution in [0.25, 0.3) is 0 Å². The first-order valence-electron chi connectivity index (χ1n) is 3.89. The van der Waals surface area contributed by atoms with E-state index >= 15 is 0 Å². The van der Waals surface area contributed by atoms with Gasteiger partial charge in [0.15, 0.2) is 11.6 Å². The number of alkyl halides is 1. The van der Waals surface area contributed by atoms with Crippen LogP contribution in [0.4, 0.5) is 10.1 Å². The molecule has 0 unspecified atom stereocenters. The number of hydrogen-bond donors (Lipinski definition) is 1. The molecule has 1 aromatic carbocycles. The number of benzene rings is 1. The Hall–Kier alpha value is -0.820. The van der Waals surface area contributed by atoms with Crippen LogP contribution >= 0.6 is 15.9 Å². The van der Waals surface area contributed by atoms with E-state index in [0.717, 1.165) is 0 Å². The molecule has 0 fully saturated rings. The molecule has 0 saturated heterocycles. The number of rotatable bonds is 4. The van der Waals surface area contributed by atoms with E-state index in [1.807, 2.05) is 0 Å². The molecule has 0 heterocycles. The Labute approximate surface area is 95.6 Å². The Balaban J connectivity index is 3.06. The highest BCUT2D eigenvalue weighted by Crippen LogP contribution is 2.24. The Bertz CT molecular complexity index is 449. The summed E-state index contributed by atoms with van der Waals surface area (Å²) in [6, 6.07) is 4.22. The van der Waals surface area contributed by atoms with Crippen molar-refractivity contribution in [1.82, 2.24) is 0 Å². The lowest BCUT2D eigenvalue weighted by Crippen LogP contribution is -2.14. The molecule has 0 atom stereocenters. The number of ether oxygens (including phenoxy) is 1. The van der Waals surface area contributed by atoms with Crippen LogP contribution < -0.4 is 9.46 Å². The largest absolute Gasteiger partial charge is 0.494 e. The second kappa shape index (κ2) is 4.80. The molecule has 1 aromatic rings. The van der Waals surface area contributed by atoms with Gasteiger partial charge in [0.25, 0.3) is 0 Å². The first-order valence-corrected chi connectivity index (χ1v) is 6.66. The minimum absolute atomic E-state index is 0.00947. The monoisotopic (exact) mass is 297 g/mol. The van der Waals surface area contributed by atoms with Gasteiger partial charge in [-0.2, -0.15) is 0 Å². The predicted molar refractivity (Wildman–Crippen MR) is 59.3 cm³/mol. The maximum Gasteiger partial charge on any atom is 0.242 e. The maximum absolute atomic E-state index is 13.5. The van der Waals surface area contributed by atoms with E-state index in [-0.39, 0.29) is 16.1 Å². The van der Waals surface area contributed by atoms with Gasteiger partial charge < -0.3 is 4.74 Å². The highest BCUT2D eigenvalue weighted by molar-refractivity contribution is 9.10. The average molecular weight is 298 g/mol. The van der Waals surface area contributed by atoms with Gasteiger partial charge >= 0.3 is 0 Å². The Morgan fingerprint density at radius 2 is 2.20 bits per heavy atom. The molecule has 0 bridgehead atoms. The zero-order valence-corrected chi connectivity index (χ0v) is 10.2. The first-order chi connectivity index (χ1) is 7.00. The molecule has 84 valence electrons. The summed E-state index contributed by atoms with van der Waals surface area (Å²) in [4.78, 5) is 0. The summed E-state index contributed by atoms with van der Waals surface area (Å²) < 4.78 is 42.3. The second-order valence-electron chi connectivity index (χ2n) is 2.65. The molecule has 0 amide bonds. The molecular weight excluding hydrogens is 289 g/mol. The fourth-order valence-corrected chi connectivity index (χ4v) is 1.83. The molecule has 0 aromatic heterocycles. The average Bonchev–Trinajstić information content (AvgIpc) is 2.21. The Kier molecular flexibility index (Phi) is 3.92. The SMILES string of the molecule is COc1cccc(NS(=O)(=O)CBr)c1F. The van der Waals surface area contributed by atoms with Gasteiger partial charge in [0.2, 0.25) is 10.0 Å². The third kappa shape index (κ3) is 3.07. The van der Waals surface area contributed by atoms with E-state index in [1.54, 1.807) is 0 Å². The lowest BCUT2D eigenvalue weighted by Gasteiger charge is -2.08. The summed E-state index contributed by atoms with van der Waals surface area (Å²) in [5.41, 5.74) is -0.131. The number of halogens is 2. The van der Waals surface area contributed by atoms with Crippen molar-refractivity contribution in [1.29, 1.82) is 0 Å². The fraction of sp³-hybridized carbons (Fsp3) is 0.250.